The van der Waals surface area contributed by atoms with Gasteiger partial charge in [-0.3, -0.25) is 0 Å². The second kappa shape index (κ2) is 4.21. The molecule has 3 nitrogen and oxygen atoms in total. The van der Waals surface area contributed by atoms with Crippen molar-refractivity contribution in [2.45, 2.75) is 51.5 Å². The average molecular weight is 220 g/mol. The molecule has 0 spiro atoms. The van der Waals surface area contributed by atoms with E-state index >= 15 is 0 Å². The second-order valence-electron chi connectivity index (χ2n) is 5.32. The molecule has 0 bridgehead atoms. The number of hydrogen-bond acceptors (Lipinski definition) is 3. The van der Waals surface area contributed by atoms with Crippen LogP contribution in [0.25, 0.3) is 0 Å². The van der Waals surface area contributed by atoms with Crippen molar-refractivity contribution < 1.29 is 4.52 Å². The fourth-order valence-corrected chi connectivity index (χ4v) is 2.95. The summed E-state index contributed by atoms with van der Waals surface area (Å²) < 4.78 is 5.59. The molecule has 3 heteroatoms. The van der Waals surface area contributed by atoms with E-state index in [0.29, 0.717) is 6.04 Å². The fraction of sp³-hybridized carbons (Fsp3) is 0.769. The standard InChI is InChI=1S/C13H20N2O/c1-9-5-6-11-10(8-9)13(16-15-11)12-4-2-3-7-14-12/h9,12,14H,2-8H2,1H3. The van der Waals surface area contributed by atoms with E-state index in [4.69, 9.17) is 4.52 Å². The summed E-state index contributed by atoms with van der Waals surface area (Å²) in [5.41, 5.74) is 2.64. The Kier molecular flexibility index (Phi) is 2.72. The molecule has 1 saturated heterocycles. The summed E-state index contributed by atoms with van der Waals surface area (Å²) in [4.78, 5) is 0. The molecule has 1 aliphatic carbocycles. The molecule has 0 radical (unpaired) electrons. The number of hydrogen-bond donors (Lipinski definition) is 1. The maximum absolute atomic E-state index is 5.59. The third-order valence-electron chi connectivity index (χ3n) is 3.95. The van der Waals surface area contributed by atoms with E-state index in [0.717, 1.165) is 31.1 Å². The Balaban J connectivity index is 1.86. The number of rotatable bonds is 1. The molecule has 2 heterocycles. The van der Waals surface area contributed by atoms with Crippen molar-refractivity contribution in [2.75, 3.05) is 6.54 Å². The van der Waals surface area contributed by atoms with Gasteiger partial charge in [-0.25, -0.2) is 0 Å². The largest absolute Gasteiger partial charge is 0.359 e. The minimum atomic E-state index is 0.426. The van der Waals surface area contributed by atoms with E-state index in [1.165, 1.54) is 36.9 Å². The van der Waals surface area contributed by atoms with Crippen molar-refractivity contribution in [3.05, 3.63) is 17.0 Å². The van der Waals surface area contributed by atoms with Gasteiger partial charge in [0.25, 0.3) is 0 Å². The third-order valence-corrected chi connectivity index (χ3v) is 3.95. The molecular formula is C13H20N2O. The molecule has 1 aromatic rings. The van der Waals surface area contributed by atoms with Crippen LogP contribution in [0.2, 0.25) is 0 Å². The monoisotopic (exact) mass is 220 g/mol. The molecule has 1 N–H and O–H groups in total. The first-order valence-corrected chi connectivity index (χ1v) is 6.55. The Bertz CT molecular complexity index is 366. The first-order valence-electron chi connectivity index (χ1n) is 6.55. The summed E-state index contributed by atoms with van der Waals surface area (Å²) in [6.07, 6.45) is 7.33. The van der Waals surface area contributed by atoms with Crippen LogP contribution in [0.5, 0.6) is 0 Å². The van der Waals surface area contributed by atoms with Crippen LogP contribution < -0.4 is 5.32 Å². The van der Waals surface area contributed by atoms with E-state index in [-0.39, 0.29) is 0 Å². The first kappa shape index (κ1) is 10.3. The molecule has 2 atom stereocenters. The molecule has 16 heavy (non-hydrogen) atoms. The number of aromatic nitrogens is 1. The lowest BCUT2D eigenvalue weighted by Crippen LogP contribution is -2.27. The molecule has 1 fully saturated rings. The zero-order chi connectivity index (χ0) is 11.0. The summed E-state index contributed by atoms with van der Waals surface area (Å²) in [7, 11) is 0. The summed E-state index contributed by atoms with van der Waals surface area (Å²) in [5, 5.41) is 7.80. The van der Waals surface area contributed by atoms with Crippen LogP contribution in [0.1, 0.15) is 55.7 Å². The average Bonchev–Trinajstić information content (AvgIpc) is 2.73. The highest BCUT2D eigenvalue weighted by molar-refractivity contribution is 5.28. The van der Waals surface area contributed by atoms with Crippen LogP contribution in [-0.2, 0) is 12.8 Å². The highest BCUT2D eigenvalue weighted by Crippen LogP contribution is 2.33. The summed E-state index contributed by atoms with van der Waals surface area (Å²) >= 11 is 0. The number of nitrogens with one attached hydrogen (secondary N) is 1. The smallest absolute Gasteiger partial charge is 0.157 e. The summed E-state index contributed by atoms with van der Waals surface area (Å²) in [5.74, 6) is 1.93. The Morgan fingerprint density at radius 1 is 1.31 bits per heavy atom. The number of aryl methyl sites for hydroxylation is 1. The lowest BCUT2D eigenvalue weighted by Gasteiger charge is -2.24. The minimum Gasteiger partial charge on any atom is -0.359 e. The van der Waals surface area contributed by atoms with E-state index < -0.39 is 0 Å². The second-order valence-corrected chi connectivity index (χ2v) is 5.32. The van der Waals surface area contributed by atoms with E-state index in [2.05, 4.69) is 17.4 Å². The van der Waals surface area contributed by atoms with Gasteiger partial charge in [0.05, 0.1) is 11.7 Å². The summed E-state index contributed by atoms with van der Waals surface area (Å²) in [6.45, 7) is 3.45. The molecule has 0 saturated carbocycles. The molecule has 0 aromatic carbocycles. The van der Waals surface area contributed by atoms with Crippen molar-refractivity contribution >= 4 is 0 Å². The van der Waals surface area contributed by atoms with Gasteiger partial charge < -0.3 is 9.84 Å². The summed E-state index contributed by atoms with van der Waals surface area (Å²) in [6, 6.07) is 0.426. The van der Waals surface area contributed by atoms with E-state index in [9.17, 15) is 0 Å². The maximum atomic E-state index is 5.59. The van der Waals surface area contributed by atoms with Crippen molar-refractivity contribution in [1.82, 2.24) is 10.5 Å². The normalized spacial score (nSPS) is 30.1. The Labute approximate surface area is 96.6 Å². The van der Waals surface area contributed by atoms with Crippen LogP contribution in [0.15, 0.2) is 4.52 Å². The van der Waals surface area contributed by atoms with E-state index in [1.54, 1.807) is 0 Å². The molecule has 0 amide bonds. The van der Waals surface area contributed by atoms with E-state index in [1.807, 2.05) is 0 Å². The number of piperidine rings is 1. The van der Waals surface area contributed by atoms with Gasteiger partial charge in [0, 0.05) is 5.56 Å². The number of nitrogens with zero attached hydrogens (tertiary/aromatic N) is 1. The topological polar surface area (TPSA) is 38.1 Å². The predicted molar refractivity (Wildman–Crippen MR) is 62.3 cm³/mol. The number of fused-ring (bicyclic) bond motifs is 1. The van der Waals surface area contributed by atoms with Gasteiger partial charge in [-0.05, 0) is 44.6 Å². The Morgan fingerprint density at radius 3 is 3.06 bits per heavy atom. The van der Waals surface area contributed by atoms with Gasteiger partial charge >= 0.3 is 0 Å². The molecule has 3 rings (SSSR count). The van der Waals surface area contributed by atoms with Crippen LogP contribution in [-0.4, -0.2) is 11.7 Å². The van der Waals surface area contributed by atoms with Crippen molar-refractivity contribution in [3.63, 3.8) is 0 Å². The van der Waals surface area contributed by atoms with Gasteiger partial charge in [-0.2, -0.15) is 0 Å². The Hall–Kier alpha value is -0.830. The Morgan fingerprint density at radius 2 is 2.25 bits per heavy atom. The molecule has 2 unspecified atom stereocenters. The highest BCUT2D eigenvalue weighted by Gasteiger charge is 2.28. The van der Waals surface area contributed by atoms with Gasteiger partial charge in [-0.1, -0.05) is 18.5 Å². The van der Waals surface area contributed by atoms with Crippen molar-refractivity contribution in [1.29, 1.82) is 0 Å². The van der Waals surface area contributed by atoms with Gasteiger partial charge in [0.2, 0.25) is 0 Å². The van der Waals surface area contributed by atoms with Crippen molar-refractivity contribution in [3.8, 4) is 0 Å². The molecule has 2 aliphatic rings. The lowest BCUT2D eigenvalue weighted by atomic mass is 9.86. The van der Waals surface area contributed by atoms with Gasteiger partial charge in [0.15, 0.2) is 5.76 Å². The van der Waals surface area contributed by atoms with Gasteiger partial charge in [0.1, 0.15) is 0 Å². The van der Waals surface area contributed by atoms with Crippen LogP contribution in [0.3, 0.4) is 0 Å². The zero-order valence-corrected chi connectivity index (χ0v) is 9.96. The maximum Gasteiger partial charge on any atom is 0.157 e. The molecule has 88 valence electrons. The zero-order valence-electron chi connectivity index (χ0n) is 9.96. The van der Waals surface area contributed by atoms with Crippen molar-refractivity contribution in [2.24, 2.45) is 5.92 Å². The van der Waals surface area contributed by atoms with Crippen LogP contribution in [0.4, 0.5) is 0 Å². The van der Waals surface area contributed by atoms with Gasteiger partial charge in [-0.15, -0.1) is 0 Å². The third kappa shape index (κ3) is 1.77. The van der Waals surface area contributed by atoms with Crippen LogP contribution >= 0.6 is 0 Å². The first-order chi connectivity index (χ1) is 7.84. The fourth-order valence-electron chi connectivity index (χ4n) is 2.95. The van der Waals surface area contributed by atoms with Crippen LogP contribution in [0, 0.1) is 5.92 Å². The predicted octanol–water partition coefficient (Wildman–Crippen LogP) is 2.61. The minimum absolute atomic E-state index is 0.426. The lowest BCUT2D eigenvalue weighted by molar-refractivity contribution is 0.301. The quantitative estimate of drug-likeness (QED) is 0.790. The SMILES string of the molecule is CC1CCc2noc(C3CCCCN3)c2C1. The molecular weight excluding hydrogens is 200 g/mol. The molecule has 1 aliphatic heterocycles. The molecule has 1 aromatic heterocycles. The highest BCUT2D eigenvalue weighted by atomic mass is 16.5.